The number of pyridine rings is 1. The first-order chi connectivity index (χ1) is 16.1. The van der Waals surface area contributed by atoms with Crippen LogP contribution in [0.4, 0.5) is 24.8 Å². The number of hydrogen-bond acceptors (Lipinski definition) is 8. The van der Waals surface area contributed by atoms with Crippen LogP contribution in [-0.4, -0.2) is 55.9 Å². The van der Waals surface area contributed by atoms with E-state index in [-0.39, 0.29) is 11.5 Å². The molecule has 1 atom stereocenters. The van der Waals surface area contributed by atoms with Gasteiger partial charge in [0.25, 0.3) is 11.7 Å². The van der Waals surface area contributed by atoms with E-state index < -0.39 is 35.9 Å². The molecule has 1 unspecified atom stereocenters. The van der Waals surface area contributed by atoms with Gasteiger partial charge in [-0.05, 0) is 44.0 Å². The fraction of sp³-hybridized carbons (Fsp3) is 0.400. The lowest BCUT2D eigenvalue weighted by Crippen LogP contribution is -2.39. The summed E-state index contributed by atoms with van der Waals surface area (Å²) >= 11 is 5.76. The highest BCUT2D eigenvalue weighted by Crippen LogP contribution is 2.29. The first-order valence-electron chi connectivity index (χ1n) is 10.3. The molecule has 180 valence electrons. The second kappa shape index (κ2) is 9.41. The van der Waals surface area contributed by atoms with Crippen LogP contribution in [0.15, 0.2) is 30.5 Å². The zero-order valence-electron chi connectivity index (χ0n) is 17.8. The van der Waals surface area contributed by atoms with Crippen LogP contribution in [0, 0.1) is 5.92 Å². The Morgan fingerprint density at radius 3 is 2.56 bits per heavy atom. The summed E-state index contributed by atoms with van der Waals surface area (Å²) in [5, 5.41) is 13.6. The zero-order chi connectivity index (χ0) is 24.5. The van der Waals surface area contributed by atoms with E-state index in [2.05, 4.69) is 25.6 Å². The Hall–Kier alpha value is -3.48. The normalized spacial score (nSPS) is 15.9. The van der Waals surface area contributed by atoms with Crippen molar-refractivity contribution in [1.29, 1.82) is 0 Å². The Morgan fingerprint density at radius 2 is 1.91 bits per heavy atom. The highest BCUT2D eigenvalue weighted by atomic mass is 35.5. The van der Waals surface area contributed by atoms with Crippen LogP contribution < -0.4 is 10.2 Å². The number of nitrogens with one attached hydrogen (secondary N) is 1. The molecule has 0 aliphatic carbocycles. The van der Waals surface area contributed by atoms with E-state index >= 15 is 0 Å². The van der Waals surface area contributed by atoms with Gasteiger partial charge in [0.1, 0.15) is 11.6 Å². The molecule has 1 fully saturated rings. The van der Waals surface area contributed by atoms with Gasteiger partial charge in [0.05, 0.1) is 10.9 Å². The number of carbonyl (C=O) groups excluding carboxylic acids is 2. The molecular formula is C20H19ClF3N7O3. The van der Waals surface area contributed by atoms with Gasteiger partial charge >= 0.3 is 12.1 Å². The van der Waals surface area contributed by atoms with Crippen molar-refractivity contribution < 1.29 is 27.5 Å². The number of ether oxygens (including phenoxy) is 1. The van der Waals surface area contributed by atoms with Gasteiger partial charge in [0.2, 0.25) is 0 Å². The van der Waals surface area contributed by atoms with Gasteiger partial charge in [0, 0.05) is 19.3 Å². The molecule has 1 saturated heterocycles. The summed E-state index contributed by atoms with van der Waals surface area (Å²) in [5.74, 6) is -2.13. The average Bonchev–Trinajstić information content (AvgIpc) is 3.24. The predicted octanol–water partition coefficient (Wildman–Crippen LogP) is 2.98. The molecule has 34 heavy (non-hydrogen) atoms. The number of aromatic nitrogens is 5. The molecule has 1 amide bonds. The summed E-state index contributed by atoms with van der Waals surface area (Å²) < 4.78 is 45.3. The fourth-order valence-electron chi connectivity index (χ4n) is 3.47. The monoisotopic (exact) mass is 497 g/mol. The van der Waals surface area contributed by atoms with Gasteiger partial charge in [-0.1, -0.05) is 11.6 Å². The predicted molar refractivity (Wildman–Crippen MR) is 114 cm³/mol. The Bertz CT molecular complexity index is 1190. The number of carbonyl (C=O) groups is 2. The minimum absolute atomic E-state index is 0.0180. The number of hydrogen-bond donors (Lipinski definition) is 1. The number of halogens is 4. The van der Waals surface area contributed by atoms with E-state index in [1.54, 1.807) is 17.0 Å². The largest absolute Gasteiger partial charge is 0.453 e. The maximum absolute atomic E-state index is 13.1. The number of piperidine rings is 1. The molecule has 4 rings (SSSR count). The van der Waals surface area contributed by atoms with Crippen molar-refractivity contribution in [3.8, 4) is 0 Å². The molecule has 3 aromatic rings. The van der Waals surface area contributed by atoms with E-state index in [1.807, 2.05) is 0 Å². The van der Waals surface area contributed by atoms with Crippen molar-refractivity contribution in [3.05, 3.63) is 41.3 Å². The highest BCUT2D eigenvalue weighted by Gasteiger charge is 2.38. The van der Waals surface area contributed by atoms with Gasteiger partial charge in [0.15, 0.2) is 11.8 Å². The maximum atomic E-state index is 13.1. The van der Waals surface area contributed by atoms with Crippen LogP contribution in [0.2, 0.25) is 5.02 Å². The molecule has 0 spiro atoms. The zero-order valence-corrected chi connectivity index (χ0v) is 18.5. The number of esters is 1. The molecule has 0 saturated carbocycles. The molecule has 1 aliphatic rings. The number of rotatable bonds is 5. The van der Waals surface area contributed by atoms with Gasteiger partial charge < -0.3 is 15.0 Å². The molecule has 1 N–H and O–H groups in total. The van der Waals surface area contributed by atoms with Crippen LogP contribution in [-0.2, 0) is 20.5 Å². The standard InChI is InChI=1S/C20H19ClF3N7O3/c1-11(17(32)26-14-3-2-13(21)10-25-14)34-18(33)12-6-8-30(9-7-12)16-5-4-15-27-28-19(20(22,23)24)31(15)29-16/h2-5,10-12H,6-9H2,1H3,(H,25,26,32). The van der Waals surface area contributed by atoms with E-state index in [4.69, 9.17) is 16.3 Å². The fourth-order valence-corrected chi connectivity index (χ4v) is 3.58. The van der Waals surface area contributed by atoms with Crippen LogP contribution in [0.3, 0.4) is 0 Å². The summed E-state index contributed by atoms with van der Waals surface area (Å²) in [7, 11) is 0. The molecule has 0 aromatic carbocycles. The summed E-state index contributed by atoms with van der Waals surface area (Å²) in [6, 6.07) is 6.04. The molecule has 14 heteroatoms. The molecule has 10 nitrogen and oxygen atoms in total. The second-order valence-corrected chi connectivity index (χ2v) is 8.11. The Kier molecular flexibility index (Phi) is 6.55. The quantitative estimate of drug-likeness (QED) is 0.535. The van der Waals surface area contributed by atoms with Crippen molar-refractivity contribution >= 4 is 40.8 Å². The van der Waals surface area contributed by atoms with E-state index in [9.17, 15) is 22.8 Å². The lowest BCUT2D eigenvalue weighted by atomic mass is 9.97. The first kappa shape index (κ1) is 23.7. The molecule has 1 aliphatic heterocycles. The third kappa shape index (κ3) is 5.19. The minimum atomic E-state index is -4.69. The third-order valence-corrected chi connectivity index (χ3v) is 5.52. The average molecular weight is 498 g/mol. The highest BCUT2D eigenvalue weighted by molar-refractivity contribution is 6.30. The lowest BCUT2D eigenvalue weighted by Gasteiger charge is -2.32. The van der Waals surface area contributed by atoms with E-state index in [0.29, 0.717) is 41.3 Å². The van der Waals surface area contributed by atoms with E-state index in [0.717, 1.165) is 0 Å². The van der Waals surface area contributed by atoms with Crippen molar-refractivity contribution in [2.45, 2.75) is 32.0 Å². The number of alkyl halides is 3. The second-order valence-electron chi connectivity index (χ2n) is 7.67. The van der Waals surface area contributed by atoms with Gasteiger partial charge in [-0.15, -0.1) is 15.3 Å². The Morgan fingerprint density at radius 1 is 1.18 bits per heavy atom. The number of fused-ring (bicyclic) bond motifs is 1. The van der Waals surface area contributed by atoms with Crippen molar-refractivity contribution in [1.82, 2.24) is 24.8 Å². The summed E-state index contributed by atoms with van der Waals surface area (Å²) in [6.45, 7) is 2.20. The molecule has 3 aromatic heterocycles. The van der Waals surface area contributed by atoms with Gasteiger partial charge in [-0.2, -0.15) is 17.7 Å². The minimum Gasteiger partial charge on any atom is -0.452 e. The van der Waals surface area contributed by atoms with Crippen LogP contribution in [0.5, 0.6) is 0 Å². The maximum Gasteiger partial charge on any atom is 0.453 e. The van der Waals surface area contributed by atoms with Gasteiger partial charge in [-0.3, -0.25) is 9.59 Å². The van der Waals surface area contributed by atoms with E-state index in [1.165, 1.54) is 25.3 Å². The summed E-state index contributed by atoms with van der Waals surface area (Å²) in [5.41, 5.74) is -0.0180. The molecule has 0 radical (unpaired) electrons. The van der Waals surface area contributed by atoms with Crippen molar-refractivity contribution in [3.63, 3.8) is 0 Å². The topological polar surface area (TPSA) is 115 Å². The number of anilines is 2. The van der Waals surface area contributed by atoms with Crippen LogP contribution in [0.25, 0.3) is 5.65 Å². The molecule has 4 heterocycles. The molecular weight excluding hydrogens is 479 g/mol. The van der Waals surface area contributed by atoms with Crippen LogP contribution in [0.1, 0.15) is 25.6 Å². The van der Waals surface area contributed by atoms with Crippen LogP contribution >= 0.6 is 11.6 Å². The lowest BCUT2D eigenvalue weighted by molar-refractivity contribution is -0.158. The Balaban J connectivity index is 1.33. The summed E-state index contributed by atoms with van der Waals surface area (Å²) in [4.78, 5) is 30.5. The summed E-state index contributed by atoms with van der Waals surface area (Å²) in [6.07, 6.45) is -3.57. The third-order valence-electron chi connectivity index (χ3n) is 5.30. The van der Waals surface area contributed by atoms with Crippen molar-refractivity contribution in [2.75, 3.05) is 23.3 Å². The molecule has 0 bridgehead atoms. The Labute approximate surface area is 196 Å². The van der Waals surface area contributed by atoms with Gasteiger partial charge in [-0.25, -0.2) is 4.98 Å². The number of nitrogens with zero attached hydrogens (tertiary/aromatic N) is 6. The van der Waals surface area contributed by atoms with Crippen molar-refractivity contribution in [2.24, 2.45) is 5.92 Å². The first-order valence-corrected chi connectivity index (χ1v) is 10.7. The smallest absolute Gasteiger partial charge is 0.452 e. The SMILES string of the molecule is CC(OC(=O)C1CCN(c2ccc3nnc(C(F)(F)F)n3n2)CC1)C(=O)Nc1ccc(Cl)cn1. The number of amides is 1.